The quantitative estimate of drug-likeness (QED) is 0.400. The minimum absolute atomic E-state index is 0.934. The number of fused-ring (bicyclic) bond motifs is 3. The fraction of sp³-hybridized carbons (Fsp3) is 0. The molecule has 0 aliphatic carbocycles. The summed E-state index contributed by atoms with van der Waals surface area (Å²) in [6, 6.07) is 24.8. The normalized spacial score (nSPS) is 11.1. The van der Waals surface area contributed by atoms with E-state index in [1.807, 2.05) is 48.9 Å². The molecular formula is C23H15N3. The first kappa shape index (κ1) is 14.7. The predicted octanol–water partition coefficient (Wildman–Crippen LogP) is 5.51. The molecule has 0 radical (unpaired) electrons. The van der Waals surface area contributed by atoms with Gasteiger partial charge in [0, 0.05) is 34.9 Å². The van der Waals surface area contributed by atoms with Crippen LogP contribution in [-0.4, -0.2) is 15.0 Å². The van der Waals surface area contributed by atoms with Crippen molar-refractivity contribution < 1.29 is 0 Å². The summed E-state index contributed by atoms with van der Waals surface area (Å²) in [5, 5.41) is 2.20. The summed E-state index contributed by atoms with van der Waals surface area (Å²) in [7, 11) is 0. The van der Waals surface area contributed by atoms with Crippen LogP contribution in [0, 0.1) is 0 Å². The average molecular weight is 333 g/mol. The minimum Gasteiger partial charge on any atom is -0.256 e. The molecule has 3 aromatic heterocycles. The van der Waals surface area contributed by atoms with Gasteiger partial charge in [-0.3, -0.25) is 15.0 Å². The first-order chi connectivity index (χ1) is 12.9. The Balaban J connectivity index is 1.79. The molecule has 5 rings (SSSR count). The van der Waals surface area contributed by atoms with E-state index in [1.54, 1.807) is 0 Å². The van der Waals surface area contributed by atoms with Gasteiger partial charge in [-0.2, -0.15) is 0 Å². The Hall–Kier alpha value is -3.59. The van der Waals surface area contributed by atoms with Gasteiger partial charge in [0.25, 0.3) is 0 Å². The molecule has 3 heterocycles. The van der Waals surface area contributed by atoms with Gasteiger partial charge in [0.1, 0.15) is 0 Å². The third kappa shape index (κ3) is 2.42. The molecule has 5 aromatic rings. The van der Waals surface area contributed by atoms with Crippen molar-refractivity contribution in [2.24, 2.45) is 0 Å². The molecule has 26 heavy (non-hydrogen) atoms. The van der Waals surface area contributed by atoms with E-state index in [9.17, 15) is 0 Å². The number of hydrogen-bond donors (Lipinski definition) is 0. The molecule has 0 aliphatic rings. The van der Waals surface area contributed by atoms with Crippen molar-refractivity contribution in [3.8, 4) is 22.4 Å². The molecule has 2 aromatic carbocycles. The largest absolute Gasteiger partial charge is 0.256 e. The summed E-state index contributed by atoms with van der Waals surface area (Å²) < 4.78 is 0. The molecule has 0 saturated heterocycles. The third-order valence-electron chi connectivity index (χ3n) is 4.60. The topological polar surface area (TPSA) is 38.7 Å². The first-order valence-corrected chi connectivity index (χ1v) is 8.54. The van der Waals surface area contributed by atoms with E-state index < -0.39 is 0 Å². The Morgan fingerprint density at radius 1 is 0.538 bits per heavy atom. The van der Waals surface area contributed by atoms with Crippen molar-refractivity contribution >= 4 is 21.8 Å². The molecule has 0 spiro atoms. The molecule has 0 aliphatic heterocycles. The van der Waals surface area contributed by atoms with E-state index in [4.69, 9.17) is 0 Å². The van der Waals surface area contributed by atoms with Gasteiger partial charge in [-0.15, -0.1) is 0 Å². The summed E-state index contributed by atoms with van der Waals surface area (Å²) in [4.78, 5) is 13.6. The Kier molecular flexibility index (Phi) is 3.42. The van der Waals surface area contributed by atoms with Crippen LogP contribution in [0.2, 0.25) is 0 Å². The molecule has 0 amide bonds. The van der Waals surface area contributed by atoms with Crippen LogP contribution in [0.1, 0.15) is 0 Å². The second-order valence-corrected chi connectivity index (χ2v) is 6.19. The summed E-state index contributed by atoms with van der Waals surface area (Å²) in [5.41, 5.74) is 6.26. The second-order valence-electron chi connectivity index (χ2n) is 6.19. The summed E-state index contributed by atoms with van der Waals surface area (Å²) >= 11 is 0. The van der Waals surface area contributed by atoms with Gasteiger partial charge >= 0.3 is 0 Å². The highest BCUT2D eigenvalue weighted by molar-refractivity contribution is 6.10. The van der Waals surface area contributed by atoms with Crippen LogP contribution in [0.4, 0.5) is 0 Å². The molecule has 0 unspecified atom stereocenters. The van der Waals surface area contributed by atoms with Crippen molar-refractivity contribution in [1.29, 1.82) is 0 Å². The molecular weight excluding hydrogens is 318 g/mol. The summed E-state index contributed by atoms with van der Waals surface area (Å²) in [6.07, 6.45) is 5.46. The van der Waals surface area contributed by atoms with Gasteiger partial charge in [0.05, 0.1) is 16.7 Å². The van der Waals surface area contributed by atoms with E-state index in [0.29, 0.717) is 0 Å². The van der Waals surface area contributed by atoms with Crippen molar-refractivity contribution in [2.75, 3.05) is 0 Å². The van der Waals surface area contributed by atoms with Crippen molar-refractivity contribution in [1.82, 2.24) is 15.0 Å². The molecule has 0 saturated carbocycles. The number of pyridine rings is 3. The second kappa shape index (κ2) is 6.05. The van der Waals surface area contributed by atoms with Crippen LogP contribution < -0.4 is 0 Å². The van der Waals surface area contributed by atoms with E-state index in [1.165, 1.54) is 0 Å². The number of benzene rings is 2. The fourth-order valence-corrected chi connectivity index (χ4v) is 3.40. The van der Waals surface area contributed by atoms with Crippen LogP contribution >= 0.6 is 0 Å². The summed E-state index contributed by atoms with van der Waals surface area (Å²) in [5.74, 6) is 0. The van der Waals surface area contributed by atoms with E-state index >= 15 is 0 Å². The van der Waals surface area contributed by atoms with E-state index in [2.05, 4.69) is 57.4 Å². The average Bonchev–Trinajstić information content (AvgIpc) is 2.74. The standard InChI is InChI=1S/C23H15N3/c1-2-11-24-21(10-1)17-7-3-6-16(14-17)20-15-18-8-4-12-25-22(18)23-19(20)9-5-13-26-23/h1-15H. The highest BCUT2D eigenvalue weighted by atomic mass is 14.7. The van der Waals surface area contributed by atoms with Crippen LogP contribution in [0.25, 0.3) is 44.2 Å². The lowest BCUT2D eigenvalue weighted by Gasteiger charge is -2.11. The molecule has 0 atom stereocenters. The Bertz CT molecular complexity index is 1230. The van der Waals surface area contributed by atoms with Crippen molar-refractivity contribution in [2.45, 2.75) is 0 Å². The molecule has 0 bridgehead atoms. The SMILES string of the molecule is c1ccc(-c2cccc(-c3cc4cccnc4c4ncccc34)c2)nc1. The number of rotatable bonds is 2. The maximum absolute atomic E-state index is 4.60. The van der Waals surface area contributed by atoms with Crippen LogP contribution in [0.5, 0.6) is 0 Å². The molecule has 0 N–H and O–H groups in total. The highest BCUT2D eigenvalue weighted by Gasteiger charge is 2.11. The zero-order chi connectivity index (χ0) is 17.3. The molecule has 0 fully saturated rings. The number of hydrogen-bond acceptors (Lipinski definition) is 3. The van der Waals surface area contributed by atoms with Gasteiger partial charge in [0.2, 0.25) is 0 Å². The van der Waals surface area contributed by atoms with Crippen LogP contribution in [-0.2, 0) is 0 Å². The van der Waals surface area contributed by atoms with Gasteiger partial charge in [0.15, 0.2) is 0 Å². The smallest absolute Gasteiger partial charge is 0.0970 e. The zero-order valence-corrected chi connectivity index (χ0v) is 14.0. The summed E-state index contributed by atoms with van der Waals surface area (Å²) in [6.45, 7) is 0. The van der Waals surface area contributed by atoms with Crippen molar-refractivity contribution in [3.05, 3.63) is 91.4 Å². The van der Waals surface area contributed by atoms with E-state index in [0.717, 1.165) is 44.2 Å². The maximum atomic E-state index is 4.60. The lowest BCUT2D eigenvalue weighted by molar-refractivity contribution is 1.33. The predicted molar refractivity (Wildman–Crippen MR) is 106 cm³/mol. The monoisotopic (exact) mass is 333 g/mol. The van der Waals surface area contributed by atoms with Crippen LogP contribution in [0.3, 0.4) is 0 Å². The highest BCUT2D eigenvalue weighted by Crippen LogP contribution is 2.34. The Morgan fingerprint density at radius 2 is 1.35 bits per heavy atom. The molecule has 3 nitrogen and oxygen atoms in total. The molecule has 3 heteroatoms. The minimum atomic E-state index is 0.934. The first-order valence-electron chi connectivity index (χ1n) is 8.54. The van der Waals surface area contributed by atoms with Gasteiger partial charge in [-0.25, -0.2) is 0 Å². The lowest BCUT2D eigenvalue weighted by atomic mass is 9.96. The van der Waals surface area contributed by atoms with Gasteiger partial charge in [-0.05, 0) is 47.5 Å². The fourth-order valence-electron chi connectivity index (χ4n) is 3.40. The van der Waals surface area contributed by atoms with Crippen LogP contribution in [0.15, 0.2) is 91.4 Å². The maximum Gasteiger partial charge on any atom is 0.0970 e. The van der Waals surface area contributed by atoms with Gasteiger partial charge in [-0.1, -0.05) is 36.4 Å². The van der Waals surface area contributed by atoms with E-state index in [-0.39, 0.29) is 0 Å². The number of aromatic nitrogens is 3. The Labute approximate surface area is 151 Å². The van der Waals surface area contributed by atoms with Crippen molar-refractivity contribution in [3.63, 3.8) is 0 Å². The lowest BCUT2D eigenvalue weighted by Crippen LogP contribution is -1.89. The Morgan fingerprint density at radius 3 is 2.23 bits per heavy atom. The van der Waals surface area contributed by atoms with Gasteiger partial charge < -0.3 is 0 Å². The number of nitrogens with zero attached hydrogens (tertiary/aromatic N) is 3. The third-order valence-corrected chi connectivity index (χ3v) is 4.60. The molecule has 122 valence electrons. The zero-order valence-electron chi connectivity index (χ0n) is 14.0.